The summed E-state index contributed by atoms with van der Waals surface area (Å²) in [6.45, 7) is 1.39. The molecule has 2 aromatic rings. The molecule has 1 atom stereocenters. The quantitative estimate of drug-likeness (QED) is 0.407. The molecule has 0 unspecified atom stereocenters. The van der Waals surface area contributed by atoms with Crippen molar-refractivity contribution in [1.29, 1.82) is 0 Å². The third kappa shape index (κ3) is 6.22. The molecule has 0 aliphatic carbocycles. The van der Waals surface area contributed by atoms with Crippen LogP contribution in [0, 0.1) is 5.92 Å². The van der Waals surface area contributed by atoms with Gasteiger partial charge in [-0.05, 0) is 24.5 Å². The van der Waals surface area contributed by atoms with Gasteiger partial charge in [0.05, 0.1) is 49.1 Å². The highest BCUT2D eigenvalue weighted by Crippen LogP contribution is 2.36. The lowest BCUT2D eigenvalue weighted by Crippen LogP contribution is -2.48. The maximum Gasteiger partial charge on any atom is 0.305 e. The fourth-order valence-corrected chi connectivity index (χ4v) is 4.25. The molecule has 0 aromatic carbocycles. The number of halogens is 2. The van der Waals surface area contributed by atoms with Gasteiger partial charge in [0.1, 0.15) is 12.3 Å². The fraction of sp³-hybridized carbons (Fsp3) is 0.600. The lowest BCUT2D eigenvalue weighted by atomic mass is 9.91. The minimum atomic E-state index is -3.68. The average molecular weight is 488 g/mol. The number of hydrogen-bond acceptors (Lipinski definition) is 9. The highest BCUT2D eigenvalue weighted by Gasteiger charge is 2.41. The van der Waals surface area contributed by atoms with E-state index in [1.807, 2.05) is 6.92 Å². The third-order valence-electron chi connectivity index (χ3n) is 5.39. The normalized spacial score (nSPS) is 18.4. The van der Waals surface area contributed by atoms with E-state index in [-0.39, 0.29) is 26.0 Å². The zero-order valence-corrected chi connectivity index (χ0v) is 19.7. The Hall–Kier alpha value is -2.67. The van der Waals surface area contributed by atoms with Gasteiger partial charge in [-0.25, -0.2) is 18.4 Å². The number of hydrogen-bond donors (Lipinski definition) is 0. The fourth-order valence-electron chi connectivity index (χ4n) is 3.92. The Balaban J connectivity index is 1.91. The van der Waals surface area contributed by atoms with E-state index in [2.05, 4.69) is 20.0 Å². The minimum Gasteiger partial charge on any atom is -0.469 e. The Bertz CT molecular complexity index is 1120. The summed E-state index contributed by atoms with van der Waals surface area (Å²) >= 11 is 0. The Morgan fingerprint density at radius 2 is 2.06 bits per heavy atom. The first-order valence-electron chi connectivity index (χ1n) is 10.3. The molecule has 10 nitrogen and oxygen atoms in total. The van der Waals surface area contributed by atoms with Crippen LogP contribution < -0.4 is 4.90 Å². The van der Waals surface area contributed by atoms with Gasteiger partial charge < -0.3 is 9.64 Å². The predicted octanol–water partition coefficient (Wildman–Crippen LogP) is 1.94. The number of nitrogens with zero attached hydrogens (tertiary/aromatic N) is 5. The van der Waals surface area contributed by atoms with Crippen LogP contribution in [0.5, 0.6) is 0 Å². The van der Waals surface area contributed by atoms with Crippen LogP contribution in [0.2, 0.25) is 0 Å². The second-order valence-corrected chi connectivity index (χ2v) is 9.72. The number of ether oxygens (including phenoxy) is 1. The third-order valence-corrected chi connectivity index (χ3v) is 5.94. The number of pyridine rings is 1. The van der Waals surface area contributed by atoms with Gasteiger partial charge in [0.25, 0.3) is 16.0 Å². The molecule has 0 saturated carbocycles. The molecule has 3 heterocycles. The Morgan fingerprint density at radius 1 is 1.33 bits per heavy atom. The van der Waals surface area contributed by atoms with Gasteiger partial charge in [-0.15, -0.1) is 5.10 Å². The van der Waals surface area contributed by atoms with Crippen LogP contribution in [0.1, 0.15) is 31.2 Å². The van der Waals surface area contributed by atoms with Crippen LogP contribution >= 0.6 is 0 Å². The van der Waals surface area contributed by atoms with Crippen LogP contribution in [-0.2, 0) is 43.9 Å². The molecule has 0 radical (unpaired) electrons. The van der Waals surface area contributed by atoms with E-state index in [0.717, 1.165) is 6.26 Å². The number of alkyl halides is 2. The zero-order valence-electron chi connectivity index (χ0n) is 18.9. The van der Waals surface area contributed by atoms with Crippen molar-refractivity contribution in [1.82, 2.24) is 20.0 Å². The van der Waals surface area contributed by atoms with Gasteiger partial charge in [-0.1, -0.05) is 12.1 Å². The summed E-state index contributed by atoms with van der Waals surface area (Å²) in [7, 11) is -0.839. The molecule has 33 heavy (non-hydrogen) atoms. The number of aryl methyl sites for hydroxylation is 2. The van der Waals surface area contributed by atoms with Gasteiger partial charge >= 0.3 is 5.97 Å². The highest BCUT2D eigenvalue weighted by molar-refractivity contribution is 7.85. The molecule has 3 rings (SSSR count). The molecular weight excluding hydrogens is 460 g/mol. The lowest BCUT2D eigenvalue weighted by molar-refractivity contribution is -0.142. The Morgan fingerprint density at radius 3 is 2.70 bits per heavy atom. The highest BCUT2D eigenvalue weighted by atomic mass is 32.2. The van der Waals surface area contributed by atoms with Crippen LogP contribution in [0.3, 0.4) is 0 Å². The zero-order chi connectivity index (χ0) is 24.4. The van der Waals surface area contributed by atoms with Crippen molar-refractivity contribution in [3.63, 3.8) is 0 Å². The number of methoxy groups -OCH3 is 1. The topological polar surface area (TPSA) is 117 Å². The number of rotatable bonds is 8. The summed E-state index contributed by atoms with van der Waals surface area (Å²) in [4.78, 5) is 17.8. The van der Waals surface area contributed by atoms with E-state index in [0.29, 0.717) is 34.9 Å². The van der Waals surface area contributed by atoms with Crippen molar-refractivity contribution in [2.45, 2.75) is 38.7 Å². The number of esters is 1. The lowest BCUT2D eigenvalue weighted by Gasteiger charge is -2.39. The number of piperidine rings is 1. The number of carbonyl (C=O) groups excluding carboxylic acids is 1. The van der Waals surface area contributed by atoms with Gasteiger partial charge in [0.2, 0.25) is 0 Å². The predicted molar refractivity (Wildman–Crippen MR) is 115 cm³/mol. The maximum atomic E-state index is 14.5. The largest absolute Gasteiger partial charge is 0.469 e. The first-order valence-corrected chi connectivity index (χ1v) is 12.2. The molecule has 1 fully saturated rings. The SMILES string of the molecule is CCc1nc(-c2nnn(C)c2COS(C)(=O)=O)ccc1N1C[C@@H](CC(=O)OC)CC(F)(F)C1. The van der Waals surface area contributed by atoms with Crippen molar-refractivity contribution >= 4 is 21.8 Å². The first-order chi connectivity index (χ1) is 15.4. The van der Waals surface area contributed by atoms with E-state index in [1.54, 1.807) is 24.1 Å². The van der Waals surface area contributed by atoms with Crippen molar-refractivity contribution < 1.29 is 30.9 Å². The molecule has 0 N–H and O–H groups in total. The molecule has 1 saturated heterocycles. The van der Waals surface area contributed by atoms with Crippen molar-refractivity contribution in [3.8, 4) is 11.4 Å². The van der Waals surface area contributed by atoms with E-state index in [4.69, 9.17) is 4.18 Å². The second-order valence-electron chi connectivity index (χ2n) is 8.08. The number of anilines is 1. The van der Waals surface area contributed by atoms with E-state index in [1.165, 1.54) is 11.8 Å². The minimum absolute atomic E-state index is 0.0845. The van der Waals surface area contributed by atoms with Gasteiger partial charge in [0.15, 0.2) is 0 Å². The molecule has 0 amide bonds. The summed E-state index contributed by atoms with van der Waals surface area (Å²) in [6, 6.07) is 3.32. The molecule has 2 aromatic heterocycles. The van der Waals surface area contributed by atoms with Crippen molar-refractivity contribution in [3.05, 3.63) is 23.5 Å². The summed E-state index contributed by atoms with van der Waals surface area (Å²) < 4.78 is 62.6. The Labute approximate surface area is 191 Å². The van der Waals surface area contributed by atoms with Crippen molar-refractivity contribution in [2.24, 2.45) is 13.0 Å². The van der Waals surface area contributed by atoms with Crippen molar-refractivity contribution in [2.75, 3.05) is 31.4 Å². The van der Waals surface area contributed by atoms with Crippen LogP contribution in [0.15, 0.2) is 12.1 Å². The second kappa shape index (κ2) is 9.67. The van der Waals surface area contributed by atoms with Gasteiger partial charge in [0, 0.05) is 20.0 Å². The van der Waals surface area contributed by atoms with E-state index < -0.39 is 34.5 Å². The van der Waals surface area contributed by atoms with E-state index >= 15 is 0 Å². The summed E-state index contributed by atoms with van der Waals surface area (Å²) in [5, 5.41) is 8.00. The van der Waals surface area contributed by atoms with E-state index in [9.17, 15) is 22.0 Å². The van der Waals surface area contributed by atoms with Gasteiger partial charge in [-0.3, -0.25) is 8.98 Å². The molecule has 0 spiro atoms. The molecule has 0 bridgehead atoms. The number of aromatic nitrogens is 4. The summed E-state index contributed by atoms with van der Waals surface area (Å²) in [5.41, 5.74) is 2.29. The summed E-state index contributed by atoms with van der Waals surface area (Å²) in [6.07, 6.45) is 0.941. The standard InChI is InChI=1S/C20H27F2N5O5S/c1-5-14-16(27-10-13(8-18(28)31-3)9-20(21,22)12-27)7-6-15(23-14)19-17(26(2)25-24-19)11-32-33(4,29)30/h6-7,13H,5,8-12H2,1-4H3/t13-/m0/s1. The van der Waals surface area contributed by atoms with Crippen LogP contribution in [0.25, 0.3) is 11.4 Å². The monoisotopic (exact) mass is 487 g/mol. The molecule has 13 heteroatoms. The van der Waals surface area contributed by atoms with Crippen LogP contribution in [-0.4, -0.2) is 66.7 Å². The molecule has 1 aliphatic rings. The smallest absolute Gasteiger partial charge is 0.305 e. The molecule has 182 valence electrons. The molecular formula is C20H27F2N5O5S. The Kier molecular flexibility index (Phi) is 7.32. The maximum absolute atomic E-state index is 14.5. The van der Waals surface area contributed by atoms with Gasteiger partial charge in [-0.2, -0.15) is 8.42 Å². The molecule has 1 aliphatic heterocycles. The average Bonchev–Trinajstić information content (AvgIpc) is 3.10. The van der Waals surface area contributed by atoms with Crippen LogP contribution in [0.4, 0.5) is 14.5 Å². The number of carbonyl (C=O) groups is 1. The first kappa shape index (κ1) is 25.0. The summed E-state index contributed by atoms with van der Waals surface area (Å²) in [5.74, 6) is -4.03.